The molecule has 0 aromatic carbocycles. The zero-order chi connectivity index (χ0) is 17.0. The van der Waals surface area contributed by atoms with Gasteiger partial charge in [-0.1, -0.05) is 19.9 Å². The minimum atomic E-state index is -0.349. The summed E-state index contributed by atoms with van der Waals surface area (Å²) in [6, 6.07) is 4.05. The monoisotopic (exact) mass is 406 g/mol. The summed E-state index contributed by atoms with van der Waals surface area (Å²) in [6.45, 7) is 8.62. The van der Waals surface area contributed by atoms with Gasteiger partial charge in [0, 0.05) is 24.7 Å². The predicted octanol–water partition coefficient (Wildman–Crippen LogP) is 3.21. The molecule has 142 valence electrons. The van der Waals surface area contributed by atoms with Crippen LogP contribution in [0.2, 0.25) is 0 Å². The number of amides is 1. The van der Waals surface area contributed by atoms with Crippen LogP contribution in [-0.4, -0.2) is 33.1 Å². The fourth-order valence-corrected chi connectivity index (χ4v) is 2.97. The number of imidazole rings is 1. The van der Waals surface area contributed by atoms with Crippen molar-refractivity contribution in [3.8, 4) is 0 Å². The number of hydrogen-bond acceptors (Lipinski definition) is 4. The van der Waals surface area contributed by atoms with E-state index in [0.717, 1.165) is 17.1 Å². The van der Waals surface area contributed by atoms with E-state index in [1.165, 1.54) is 5.56 Å². The first-order valence-corrected chi connectivity index (χ1v) is 9.02. The number of hydrogen-bond donors (Lipinski definition) is 2. The molecule has 0 saturated heterocycles. The van der Waals surface area contributed by atoms with Crippen molar-refractivity contribution >= 4 is 48.1 Å². The summed E-state index contributed by atoms with van der Waals surface area (Å²) in [4.78, 5) is 16.7. The Hall–Kier alpha value is -0.950. The van der Waals surface area contributed by atoms with Crippen LogP contribution in [-0.2, 0) is 10.5 Å². The van der Waals surface area contributed by atoms with Gasteiger partial charge < -0.3 is 15.5 Å². The first kappa shape index (κ1) is 24.1. The van der Waals surface area contributed by atoms with Gasteiger partial charge in [-0.2, -0.15) is 0 Å². The van der Waals surface area contributed by atoms with Gasteiger partial charge in [-0.3, -0.25) is 4.79 Å². The van der Waals surface area contributed by atoms with Crippen molar-refractivity contribution in [3.05, 3.63) is 35.8 Å². The van der Waals surface area contributed by atoms with Gasteiger partial charge in [0.1, 0.15) is 5.65 Å². The molecule has 2 aromatic heterocycles. The lowest BCUT2D eigenvalue weighted by Gasteiger charge is -2.33. The molecule has 2 rings (SSSR count). The third-order valence-electron chi connectivity index (χ3n) is 4.26. The van der Waals surface area contributed by atoms with Crippen molar-refractivity contribution in [2.24, 2.45) is 11.7 Å². The average molecular weight is 407 g/mol. The molecule has 1 unspecified atom stereocenters. The molecule has 8 heteroatoms. The second-order valence-corrected chi connectivity index (χ2v) is 7.51. The largest absolute Gasteiger partial charge is 0.349 e. The second-order valence-electron chi connectivity index (χ2n) is 6.52. The van der Waals surface area contributed by atoms with Gasteiger partial charge >= 0.3 is 0 Å². The molecule has 0 bridgehead atoms. The van der Waals surface area contributed by atoms with Gasteiger partial charge in [-0.15, -0.1) is 36.6 Å². The second kappa shape index (κ2) is 10.3. The number of pyridine rings is 1. The highest BCUT2D eigenvalue weighted by Crippen LogP contribution is 2.17. The van der Waals surface area contributed by atoms with Crippen molar-refractivity contribution in [2.45, 2.75) is 39.0 Å². The molecule has 0 aliphatic heterocycles. The zero-order valence-electron chi connectivity index (χ0n) is 15.1. The summed E-state index contributed by atoms with van der Waals surface area (Å²) < 4.78 is 2.02. The fourth-order valence-electron chi connectivity index (χ4n) is 2.26. The lowest BCUT2D eigenvalue weighted by atomic mass is 9.88. The Morgan fingerprint density at radius 1 is 1.36 bits per heavy atom. The van der Waals surface area contributed by atoms with E-state index in [0.29, 0.717) is 18.2 Å². The Kier molecular flexibility index (Phi) is 9.87. The van der Waals surface area contributed by atoms with Crippen LogP contribution in [0.3, 0.4) is 0 Å². The average Bonchev–Trinajstić information content (AvgIpc) is 2.88. The standard InChI is InChI=1S/C17H26N4OS.2ClH/c1-12(2)17(4,11-18)20-16(22)10-23-9-14-8-21-7-13(3)5-6-15(21)19-14;;/h5-8,12H,9-11,18H2,1-4H3,(H,20,22);2*1H. The first-order valence-electron chi connectivity index (χ1n) is 7.87. The quantitative estimate of drug-likeness (QED) is 0.739. The van der Waals surface area contributed by atoms with E-state index in [9.17, 15) is 4.79 Å². The van der Waals surface area contributed by atoms with Crippen molar-refractivity contribution < 1.29 is 4.79 Å². The minimum Gasteiger partial charge on any atom is -0.349 e. The Labute approximate surface area is 166 Å². The van der Waals surface area contributed by atoms with E-state index >= 15 is 0 Å². The summed E-state index contributed by atoms with van der Waals surface area (Å²) >= 11 is 1.57. The molecule has 25 heavy (non-hydrogen) atoms. The Morgan fingerprint density at radius 3 is 2.64 bits per heavy atom. The summed E-state index contributed by atoms with van der Waals surface area (Å²) in [5.41, 5.74) is 8.57. The molecule has 2 aromatic rings. The lowest BCUT2D eigenvalue weighted by molar-refractivity contribution is -0.120. The van der Waals surface area contributed by atoms with Crippen LogP contribution in [0.1, 0.15) is 32.0 Å². The van der Waals surface area contributed by atoms with Crippen molar-refractivity contribution in [1.29, 1.82) is 0 Å². The number of fused-ring (bicyclic) bond motifs is 1. The highest BCUT2D eigenvalue weighted by molar-refractivity contribution is 7.99. The predicted molar refractivity (Wildman–Crippen MR) is 111 cm³/mol. The SMILES string of the molecule is Cc1ccc2nc(CSCC(=O)NC(C)(CN)C(C)C)cn2c1.Cl.Cl. The highest BCUT2D eigenvalue weighted by atomic mass is 35.5. The molecule has 0 aliphatic carbocycles. The molecule has 0 spiro atoms. The summed E-state index contributed by atoms with van der Waals surface area (Å²) in [5, 5.41) is 3.05. The van der Waals surface area contributed by atoms with Gasteiger partial charge in [-0.25, -0.2) is 4.98 Å². The number of carbonyl (C=O) groups is 1. The Morgan fingerprint density at radius 2 is 2.04 bits per heavy atom. The van der Waals surface area contributed by atoms with E-state index < -0.39 is 0 Å². The number of aromatic nitrogens is 2. The number of carbonyl (C=O) groups excluding carboxylic acids is 1. The first-order chi connectivity index (χ1) is 10.8. The maximum atomic E-state index is 12.1. The van der Waals surface area contributed by atoms with Gasteiger partial charge in [0.05, 0.1) is 17.0 Å². The van der Waals surface area contributed by atoms with Gasteiger partial charge in [0.2, 0.25) is 5.91 Å². The maximum absolute atomic E-state index is 12.1. The molecule has 1 amide bonds. The summed E-state index contributed by atoms with van der Waals surface area (Å²) in [7, 11) is 0. The number of thioether (sulfide) groups is 1. The van der Waals surface area contributed by atoms with Crippen LogP contribution in [0.25, 0.3) is 5.65 Å². The number of nitrogens with zero attached hydrogens (tertiary/aromatic N) is 2. The number of rotatable bonds is 7. The van der Waals surface area contributed by atoms with Gasteiger partial charge in [0.25, 0.3) is 0 Å². The van der Waals surface area contributed by atoms with E-state index in [1.54, 1.807) is 11.8 Å². The third-order valence-corrected chi connectivity index (χ3v) is 5.22. The van der Waals surface area contributed by atoms with Crippen LogP contribution >= 0.6 is 36.6 Å². The topological polar surface area (TPSA) is 72.4 Å². The molecule has 0 saturated carbocycles. The lowest BCUT2D eigenvalue weighted by Crippen LogP contribution is -2.55. The van der Waals surface area contributed by atoms with Gasteiger partial charge in [0.15, 0.2) is 0 Å². The van der Waals surface area contributed by atoms with E-state index in [1.807, 2.05) is 29.7 Å². The van der Waals surface area contributed by atoms with E-state index in [-0.39, 0.29) is 36.3 Å². The van der Waals surface area contributed by atoms with Crippen molar-refractivity contribution in [1.82, 2.24) is 14.7 Å². The minimum absolute atomic E-state index is 0. The molecule has 0 radical (unpaired) electrons. The maximum Gasteiger partial charge on any atom is 0.230 e. The third kappa shape index (κ3) is 6.37. The van der Waals surface area contributed by atoms with Gasteiger partial charge in [-0.05, 0) is 31.4 Å². The van der Waals surface area contributed by atoms with Crippen molar-refractivity contribution in [2.75, 3.05) is 12.3 Å². The normalized spacial score (nSPS) is 13.0. The number of nitrogens with one attached hydrogen (secondary N) is 1. The smallest absolute Gasteiger partial charge is 0.230 e. The fraction of sp³-hybridized carbons (Fsp3) is 0.529. The highest BCUT2D eigenvalue weighted by Gasteiger charge is 2.28. The molecule has 0 aliphatic rings. The summed E-state index contributed by atoms with van der Waals surface area (Å²) in [6.07, 6.45) is 4.07. The zero-order valence-corrected chi connectivity index (χ0v) is 17.6. The van der Waals surface area contributed by atoms with E-state index in [4.69, 9.17) is 5.73 Å². The molecule has 5 nitrogen and oxygen atoms in total. The Bertz CT molecular complexity index is 692. The molecular weight excluding hydrogens is 379 g/mol. The van der Waals surface area contributed by atoms with E-state index in [2.05, 4.69) is 37.3 Å². The van der Waals surface area contributed by atoms with Crippen LogP contribution in [0.5, 0.6) is 0 Å². The van der Waals surface area contributed by atoms with Crippen LogP contribution in [0.15, 0.2) is 24.5 Å². The Balaban J connectivity index is 0.00000288. The van der Waals surface area contributed by atoms with Crippen molar-refractivity contribution in [3.63, 3.8) is 0 Å². The molecule has 2 heterocycles. The number of nitrogens with two attached hydrogens (primary N) is 1. The molecule has 0 fully saturated rings. The molecule has 1 atom stereocenters. The number of halogens is 2. The van der Waals surface area contributed by atoms with Crippen LogP contribution in [0.4, 0.5) is 0 Å². The molecule has 3 N–H and O–H groups in total. The summed E-state index contributed by atoms with van der Waals surface area (Å²) in [5.74, 6) is 1.45. The number of aryl methyl sites for hydroxylation is 1. The molecular formula is C17H28Cl2N4OS. The van der Waals surface area contributed by atoms with Crippen LogP contribution < -0.4 is 11.1 Å². The van der Waals surface area contributed by atoms with Crippen LogP contribution in [0, 0.1) is 12.8 Å².